The zero-order chi connectivity index (χ0) is 49.6. The summed E-state index contributed by atoms with van der Waals surface area (Å²) in [7, 11) is 0. The SMILES string of the molecule is [C-]#[N+]c1cccc([N+](=O)[O-])c1.[C-]#[N+]c1cccc([N+](=O)[O-])c1.[C-]#[N+]c1cccc([N+](=O)[O-])c1.[C-]#[N+]c1cccc([N+](=O)[O-])c1.[C-]#[N+]c1cccc([N+](=O)[O-])c1.[C-]#[N+]c1cccc([N+](=O)[O-])c1.[Tc+6]. The van der Waals surface area contributed by atoms with Gasteiger partial charge in [-0.15, -0.1) is 0 Å². The monoisotopic (exact) mass is 985 g/mol. The molecule has 0 aliphatic rings. The maximum absolute atomic E-state index is 10.2. The molecule has 6 rings (SSSR count). The summed E-state index contributed by atoms with van der Waals surface area (Å²) in [6, 6.07) is 33.7. The van der Waals surface area contributed by atoms with E-state index in [2.05, 4.69) is 29.1 Å². The van der Waals surface area contributed by atoms with Crippen LogP contribution in [0.2, 0.25) is 0 Å². The molecule has 0 heterocycles. The number of nitrogens with zero attached hydrogens (tertiary/aromatic N) is 12. The van der Waals surface area contributed by atoms with Crippen LogP contribution in [0.1, 0.15) is 0 Å². The predicted molar refractivity (Wildman–Crippen MR) is 236 cm³/mol. The molecule has 0 aromatic heterocycles. The zero-order valence-corrected chi connectivity index (χ0v) is 35.4. The number of rotatable bonds is 6. The average molecular weight is 987 g/mol. The van der Waals surface area contributed by atoms with Gasteiger partial charge in [-0.3, -0.25) is 60.7 Å². The Balaban J connectivity index is 0.000000778. The van der Waals surface area contributed by atoms with Gasteiger partial charge in [-0.2, -0.15) is 0 Å². The first kappa shape index (κ1) is 56.3. The van der Waals surface area contributed by atoms with E-state index in [4.69, 9.17) is 39.4 Å². The van der Waals surface area contributed by atoms with Gasteiger partial charge in [-0.25, -0.2) is 29.1 Å². The summed E-state index contributed by atoms with van der Waals surface area (Å²) in [5.74, 6) is 0. The van der Waals surface area contributed by atoms with E-state index in [0.717, 1.165) is 0 Å². The molecule has 0 aliphatic carbocycles. The van der Waals surface area contributed by atoms with Crippen LogP contribution in [0.4, 0.5) is 68.2 Å². The van der Waals surface area contributed by atoms with E-state index in [1.54, 1.807) is 0 Å². The molecule has 0 saturated heterocycles. The molecule has 1 radical (unpaired) electrons. The normalized spacial score (nSPS) is 8.51. The van der Waals surface area contributed by atoms with E-state index in [1.165, 1.54) is 146 Å². The molecule has 24 nitrogen and oxygen atoms in total. The van der Waals surface area contributed by atoms with Crippen LogP contribution in [0.3, 0.4) is 0 Å². The summed E-state index contributed by atoms with van der Waals surface area (Å²) in [6.45, 7) is 39.5. The second kappa shape index (κ2) is 30.4. The van der Waals surface area contributed by atoms with Crippen molar-refractivity contribution in [2.24, 2.45) is 0 Å². The van der Waals surface area contributed by atoms with Gasteiger partial charge in [-0.1, -0.05) is 72.8 Å². The molecule has 325 valence electrons. The summed E-state index contributed by atoms with van der Waals surface area (Å²) in [6.07, 6.45) is 0. The number of nitro groups is 6. The molecule has 0 atom stereocenters. The number of hydrogen-bond acceptors (Lipinski definition) is 12. The maximum Gasteiger partial charge on any atom is 6.00 e. The minimum absolute atomic E-state index is 0. The molecule has 0 N–H and O–H groups in total. The Kier molecular flexibility index (Phi) is 25.5. The molecular weight excluding hydrogens is 963 g/mol. The first-order chi connectivity index (χ1) is 31.4. The van der Waals surface area contributed by atoms with E-state index in [0.29, 0.717) is 34.1 Å². The molecule has 25 heteroatoms. The van der Waals surface area contributed by atoms with E-state index >= 15 is 0 Å². The molecule has 0 bridgehead atoms. The first-order valence-corrected chi connectivity index (χ1v) is 17.1. The van der Waals surface area contributed by atoms with Crippen molar-refractivity contribution in [3.8, 4) is 0 Å². The van der Waals surface area contributed by atoms with Crippen LogP contribution in [0.15, 0.2) is 146 Å². The van der Waals surface area contributed by atoms with Crippen molar-refractivity contribution in [3.63, 3.8) is 0 Å². The minimum Gasteiger partial charge on any atom is -0.258 e. The van der Waals surface area contributed by atoms with Gasteiger partial charge in [0.2, 0.25) is 0 Å². The summed E-state index contributed by atoms with van der Waals surface area (Å²) >= 11 is 0. The van der Waals surface area contributed by atoms with Crippen molar-refractivity contribution in [1.82, 2.24) is 0 Å². The standard InChI is InChI=1S/6C7H4N2O2.Tc/c6*1-8-6-3-2-4-7(5-6)9(10)11;/h6*2-5H;/q;;;;;;+6. The summed E-state index contributed by atoms with van der Waals surface area (Å²) < 4.78 is 0. The van der Waals surface area contributed by atoms with Gasteiger partial charge in [0.1, 0.15) is 0 Å². The van der Waals surface area contributed by atoms with Crippen molar-refractivity contribution in [2.45, 2.75) is 0 Å². The summed E-state index contributed by atoms with van der Waals surface area (Å²) in [4.78, 5) is 76.3. The van der Waals surface area contributed by atoms with Crippen molar-refractivity contribution in [2.75, 3.05) is 0 Å². The topological polar surface area (TPSA) is 285 Å². The van der Waals surface area contributed by atoms with Gasteiger partial charge in [-0.05, 0) is 0 Å². The molecule has 6 aromatic carbocycles. The Morgan fingerprint density at radius 2 is 0.388 bits per heavy atom. The van der Waals surface area contributed by atoms with Crippen LogP contribution in [-0.4, -0.2) is 29.5 Å². The third-order valence-electron chi connectivity index (χ3n) is 7.02. The third kappa shape index (κ3) is 21.6. The summed E-state index contributed by atoms with van der Waals surface area (Å²) in [5.41, 5.74) is 1.49. The number of hydrogen-bond donors (Lipinski definition) is 0. The molecule has 0 saturated carbocycles. The van der Waals surface area contributed by atoms with Crippen LogP contribution in [-0.2, 0) is 20.1 Å². The van der Waals surface area contributed by atoms with Crippen LogP contribution in [0.25, 0.3) is 29.1 Å². The third-order valence-corrected chi connectivity index (χ3v) is 7.02. The van der Waals surface area contributed by atoms with Crippen molar-refractivity contribution < 1.29 is 49.6 Å². The van der Waals surface area contributed by atoms with E-state index in [9.17, 15) is 60.7 Å². The van der Waals surface area contributed by atoms with E-state index < -0.39 is 29.5 Å². The number of nitro benzene ring substituents is 6. The molecule has 67 heavy (non-hydrogen) atoms. The van der Waals surface area contributed by atoms with Crippen LogP contribution in [0, 0.1) is 100 Å². The fraction of sp³-hybridized carbons (Fsp3) is 0. The van der Waals surface area contributed by atoms with Crippen LogP contribution >= 0.6 is 0 Å². The van der Waals surface area contributed by atoms with Crippen molar-refractivity contribution in [3.05, 3.63) is 275 Å². The fourth-order valence-electron chi connectivity index (χ4n) is 4.06. The molecule has 0 unspecified atom stereocenters. The Labute approximate surface area is 391 Å². The molecule has 0 aliphatic heterocycles. The molecule has 6 aromatic rings. The smallest absolute Gasteiger partial charge is 0.258 e. The van der Waals surface area contributed by atoms with Crippen LogP contribution in [0.5, 0.6) is 0 Å². The Morgan fingerprint density at radius 3 is 0.478 bits per heavy atom. The summed E-state index contributed by atoms with van der Waals surface area (Å²) in [5, 5.41) is 61.0. The predicted octanol–water partition coefficient (Wildman–Crippen LogP) is 12.9. The second-order valence-electron chi connectivity index (χ2n) is 11.3. The Hall–Kier alpha value is -10.7. The van der Waals surface area contributed by atoms with Gasteiger partial charge >= 0.3 is 20.1 Å². The van der Waals surface area contributed by atoms with E-state index in [-0.39, 0.29) is 54.2 Å². The Morgan fingerprint density at radius 1 is 0.269 bits per heavy atom. The molecule has 0 fully saturated rings. The van der Waals surface area contributed by atoms with Gasteiger partial charge in [0.25, 0.3) is 34.1 Å². The quantitative estimate of drug-likeness (QED) is 0.0855. The largest absolute Gasteiger partial charge is 6.00 e. The van der Waals surface area contributed by atoms with Crippen molar-refractivity contribution in [1.29, 1.82) is 0 Å². The molecule has 0 amide bonds. The first-order valence-electron chi connectivity index (χ1n) is 17.1. The maximum atomic E-state index is 10.2. The Bertz CT molecular complexity index is 2500. The van der Waals surface area contributed by atoms with Gasteiger partial charge in [0.15, 0.2) is 34.1 Å². The zero-order valence-electron chi connectivity index (χ0n) is 33.5. The molecular formula is C42H24N12O12Tc+6. The van der Waals surface area contributed by atoms with Gasteiger partial charge in [0, 0.05) is 72.8 Å². The average Bonchev–Trinajstić information content (AvgIpc) is 3.34. The van der Waals surface area contributed by atoms with Gasteiger partial charge < -0.3 is 0 Å². The van der Waals surface area contributed by atoms with Crippen LogP contribution < -0.4 is 0 Å². The molecule has 0 spiro atoms. The van der Waals surface area contributed by atoms with Gasteiger partial charge in [0.05, 0.1) is 69.0 Å². The number of benzene rings is 6. The minimum atomic E-state index is -0.519. The fourth-order valence-corrected chi connectivity index (χ4v) is 4.06. The second-order valence-corrected chi connectivity index (χ2v) is 11.3. The number of non-ortho nitro benzene ring substituents is 6. The van der Waals surface area contributed by atoms with Crippen molar-refractivity contribution >= 4 is 68.2 Å². The van der Waals surface area contributed by atoms with E-state index in [1.807, 2.05) is 0 Å².